The van der Waals surface area contributed by atoms with Gasteiger partial charge in [0, 0.05) is 16.3 Å². The van der Waals surface area contributed by atoms with Gasteiger partial charge in [0.2, 0.25) is 0 Å². The van der Waals surface area contributed by atoms with E-state index in [1.54, 1.807) is 0 Å². The molecular weight excluding hydrogens is 292 g/mol. The van der Waals surface area contributed by atoms with Crippen LogP contribution in [0.5, 0.6) is 0 Å². The largest absolute Gasteiger partial charge is 0.455 e. The first kappa shape index (κ1) is 15.0. The van der Waals surface area contributed by atoms with Crippen molar-refractivity contribution in [3.8, 4) is 11.1 Å². The van der Waals surface area contributed by atoms with Crippen molar-refractivity contribution in [3.05, 3.63) is 71.8 Å². The Labute approximate surface area is 142 Å². The van der Waals surface area contributed by atoms with Gasteiger partial charge in [-0.3, -0.25) is 0 Å². The Morgan fingerprint density at radius 1 is 0.708 bits per heavy atom. The van der Waals surface area contributed by atoms with Gasteiger partial charge < -0.3 is 4.42 Å². The summed E-state index contributed by atoms with van der Waals surface area (Å²) in [5, 5.41) is 2.36. The molecule has 1 nitrogen and oxygen atoms in total. The first-order valence-electron chi connectivity index (χ1n) is 8.47. The van der Waals surface area contributed by atoms with E-state index >= 15 is 0 Å². The highest BCUT2D eigenvalue weighted by atomic mass is 16.3. The molecule has 24 heavy (non-hydrogen) atoms. The van der Waals surface area contributed by atoms with Crippen LogP contribution in [-0.4, -0.2) is 0 Å². The molecule has 0 aliphatic rings. The van der Waals surface area contributed by atoms with E-state index in [1.165, 1.54) is 33.0 Å². The zero-order valence-electron chi connectivity index (χ0n) is 14.7. The number of furan rings is 1. The normalized spacial score (nSPS) is 12.2. The summed E-state index contributed by atoms with van der Waals surface area (Å²) in [6, 6.07) is 21.3. The van der Waals surface area contributed by atoms with E-state index in [1.807, 2.05) is 12.1 Å². The van der Waals surface area contributed by atoms with Crippen LogP contribution in [0, 0.1) is 6.92 Å². The summed E-state index contributed by atoms with van der Waals surface area (Å²) < 4.78 is 6.22. The lowest BCUT2D eigenvalue weighted by atomic mass is 9.81. The summed E-state index contributed by atoms with van der Waals surface area (Å²) in [5.74, 6) is 0. The minimum Gasteiger partial charge on any atom is -0.455 e. The van der Waals surface area contributed by atoms with Crippen molar-refractivity contribution in [2.45, 2.75) is 33.1 Å². The van der Waals surface area contributed by atoms with E-state index in [4.69, 9.17) is 4.42 Å². The number of fused-ring (bicyclic) bond motifs is 3. The molecule has 4 rings (SSSR count). The lowest BCUT2D eigenvalue weighted by molar-refractivity contribution is 0.586. The quantitative estimate of drug-likeness (QED) is 0.374. The van der Waals surface area contributed by atoms with Crippen LogP contribution < -0.4 is 0 Å². The van der Waals surface area contributed by atoms with Crippen molar-refractivity contribution < 1.29 is 4.42 Å². The van der Waals surface area contributed by atoms with Crippen LogP contribution in [0.1, 0.15) is 31.9 Å². The van der Waals surface area contributed by atoms with Gasteiger partial charge in [0.15, 0.2) is 0 Å². The van der Waals surface area contributed by atoms with Crippen LogP contribution in [0.3, 0.4) is 0 Å². The third-order valence-electron chi connectivity index (χ3n) is 4.84. The number of hydrogen-bond donors (Lipinski definition) is 0. The Bertz CT molecular complexity index is 1040. The standard InChI is InChI=1S/C23H22O/c1-15-16(10-8-13-20(15)23(2,3)4)18-11-7-12-19-17-9-5-6-14-21(17)24-22(18)19/h5-14H,1-4H3. The molecule has 3 aromatic carbocycles. The molecule has 0 saturated heterocycles. The molecule has 0 unspecified atom stereocenters. The van der Waals surface area contributed by atoms with Gasteiger partial charge in [0.05, 0.1) is 0 Å². The van der Waals surface area contributed by atoms with E-state index in [0.29, 0.717) is 0 Å². The molecular formula is C23H22O. The topological polar surface area (TPSA) is 13.1 Å². The molecule has 1 heteroatoms. The summed E-state index contributed by atoms with van der Waals surface area (Å²) in [5.41, 5.74) is 7.20. The number of para-hydroxylation sites is 2. The molecule has 0 saturated carbocycles. The molecule has 1 heterocycles. The second kappa shape index (κ2) is 5.24. The van der Waals surface area contributed by atoms with E-state index in [-0.39, 0.29) is 5.41 Å². The first-order valence-corrected chi connectivity index (χ1v) is 8.47. The summed E-state index contributed by atoms with van der Waals surface area (Å²) in [4.78, 5) is 0. The highest BCUT2D eigenvalue weighted by molar-refractivity contribution is 6.09. The molecule has 120 valence electrons. The molecule has 0 aliphatic carbocycles. The lowest BCUT2D eigenvalue weighted by Crippen LogP contribution is -2.13. The van der Waals surface area contributed by atoms with Crippen molar-refractivity contribution in [1.29, 1.82) is 0 Å². The third-order valence-corrected chi connectivity index (χ3v) is 4.84. The number of benzene rings is 3. The maximum absolute atomic E-state index is 6.22. The van der Waals surface area contributed by atoms with Gasteiger partial charge >= 0.3 is 0 Å². The fraction of sp³-hybridized carbons (Fsp3) is 0.217. The minimum atomic E-state index is 0.127. The SMILES string of the molecule is Cc1c(-c2cccc3c2oc2ccccc23)cccc1C(C)(C)C. The molecule has 1 aromatic heterocycles. The van der Waals surface area contributed by atoms with Crippen LogP contribution in [0.25, 0.3) is 33.1 Å². The van der Waals surface area contributed by atoms with Crippen molar-refractivity contribution in [2.24, 2.45) is 0 Å². The summed E-state index contributed by atoms with van der Waals surface area (Å²) >= 11 is 0. The first-order chi connectivity index (χ1) is 11.5. The highest BCUT2D eigenvalue weighted by Gasteiger charge is 2.20. The van der Waals surface area contributed by atoms with E-state index in [2.05, 4.69) is 76.2 Å². The fourth-order valence-corrected chi connectivity index (χ4v) is 3.70. The van der Waals surface area contributed by atoms with Crippen molar-refractivity contribution >= 4 is 21.9 Å². The Morgan fingerprint density at radius 2 is 1.38 bits per heavy atom. The second-order valence-electron chi connectivity index (χ2n) is 7.51. The van der Waals surface area contributed by atoms with Gasteiger partial charge in [-0.2, -0.15) is 0 Å². The Balaban J connectivity index is 2.04. The molecule has 0 fully saturated rings. The monoisotopic (exact) mass is 314 g/mol. The Morgan fingerprint density at radius 3 is 2.17 bits per heavy atom. The van der Waals surface area contributed by atoms with Gasteiger partial charge in [-0.05, 0) is 35.1 Å². The Kier molecular flexibility index (Phi) is 3.28. The van der Waals surface area contributed by atoms with Crippen LogP contribution in [-0.2, 0) is 5.41 Å². The van der Waals surface area contributed by atoms with Gasteiger partial charge in [-0.25, -0.2) is 0 Å². The van der Waals surface area contributed by atoms with Gasteiger partial charge in [-0.1, -0.05) is 75.4 Å². The zero-order valence-corrected chi connectivity index (χ0v) is 14.7. The van der Waals surface area contributed by atoms with Crippen molar-refractivity contribution in [3.63, 3.8) is 0 Å². The van der Waals surface area contributed by atoms with Crippen LogP contribution in [0.4, 0.5) is 0 Å². The van der Waals surface area contributed by atoms with Gasteiger partial charge in [0.1, 0.15) is 11.2 Å². The Hall–Kier alpha value is -2.54. The molecule has 0 atom stereocenters. The molecule has 0 spiro atoms. The predicted octanol–water partition coefficient (Wildman–Crippen LogP) is 6.86. The van der Waals surface area contributed by atoms with E-state index < -0.39 is 0 Å². The maximum atomic E-state index is 6.22. The lowest BCUT2D eigenvalue weighted by Gasteiger charge is -2.23. The van der Waals surface area contributed by atoms with E-state index in [9.17, 15) is 0 Å². The molecule has 0 radical (unpaired) electrons. The second-order valence-corrected chi connectivity index (χ2v) is 7.51. The molecule has 4 aromatic rings. The van der Waals surface area contributed by atoms with Crippen LogP contribution >= 0.6 is 0 Å². The van der Waals surface area contributed by atoms with Crippen molar-refractivity contribution in [1.82, 2.24) is 0 Å². The molecule has 0 aliphatic heterocycles. The fourth-order valence-electron chi connectivity index (χ4n) is 3.70. The molecule has 0 amide bonds. The van der Waals surface area contributed by atoms with Gasteiger partial charge in [-0.15, -0.1) is 0 Å². The third kappa shape index (κ3) is 2.24. The molecule has 0 N–H and O–H groups in total. The highest BCUT2D eigenvalue weighted by Crippen LogP contribution is 2.39. The summed E-state index contributed by atoms with van der Waals surface area (Å²) in [6.45, 7) is 9.01. The number of hydrogen-bond acceptors (Lipinski definition) is 1. The summed E-state index contributed by atoms with van der Waals surface area (Å²) in [6.07, 6.45) is 0. The van der Waals surface area contributed by atoms with E-state index in [0.717, 1.165) is 11.2 Å². The summed E-state index contributed by atoms with van der Waals surface area (Å²) in [7, 11) is 0. The predicted molar refractivity (Wildman–Crippen MR) is 103 cm³/mol. The average Bonchev–Trinajstić information content (AvgIpc) is 2.93. The average molecular weight is 314 g/mol. The van der Waals surface area contributed by atoms with Crippen LogP contribution in [0.2, 0.25) is 0 Å². The van der Waals surface area contributed by atoms with Crippen molar-refractivity contribution in [2.75, 3.05) is 0 Å². The minimum absolute atomic E-state index is 0.127. The van der Waals surface area contributed by atoms with Crippen LogP contribution in [0.15, 0.2) is 65.1 Å². The maximum Gasteiger partial charge on any atom is 0.143 e. The molecule has 0 bridgehead atoms. The smallest absolute Gasteiger partial charge is 0.143 e. The zero-order chi connectivity index (χ0) is 16.9. The number of rotatable bonds is 1. The van der Waals surface area contributed by atoms with Gasteiger partial charge in [0.25, 0.3) is 0 Å².